The minimum absolute atomic E-state index is 0.0228. The maximum absolute atomic E-state index is 13.3. The van der Waals surface area contributed by atoms with Gasteiger partial charge in [-0.1, -0.05) is 32.4 Å². The second-order valence-corrected chi connectivity index (χ2v) is 11.5. The number of thiazole rings is 1. The van der Waals surface area contributed by atoms with Gasteiger partial charge in [-0.3, -0.25) is 9.59 Å². The van der Waals surface area contributed by atoms with Crippen LogP contribution in [0.5, 0.6) is 0 Å². The number of aromatic nitrogens is 2. The number of nitrogens with zero attached hydrogens (tertiary/aromatic N) is 2. The number of H-pyrrole nitrogens is 1. The largest absolute Gasteiger partial charge is 0.360 e. The molecule has 0 unspecified atom stereocenters. The first-order chi connectivity index (χ1) is 14.7. The predicted octanol–water partition coefficient (Wildman–Crippen LogP) is 5.63. The smallest absolute Gasteiger partial charge is 0.255 e. The number of piperidine rings is 1. The highest BCUT2D eigenvalue weighted by Crippen LogP contribution is 2.46. The third-order valence-electron chi connectivity index (χ3n) is 6.69. The van der Waals surface area contributed by atoms with E-state index in [4.69, 9.17) is 11.6 Å². The number of amides is 1. The van der Waals surface area contributed by atoms with E-state index in [2.05, 4.69) is 30.7 Å². The molecule has 2 aliphatic rings. The molecule has 3 aromatic rings. The zero-order valence-corrected chi connectivity index (χ0v) is 19.6. The molecular formula is C24H26ClN3O2S. The van der Waals surface area contributed by atoms with E-state index in [1.54, 1.807) is 23.5 Å². The summed E-state index contributed by atoms with van der Waals surface area (Å²) in [5, 5.41) is 2.54. The Morgan fingerprint density at radius 2 is 1.94 bits per heavy atom. The van der Waals surface area contributed by atoms with Crippen LogP contribution < -0.4 is 0 Å². The van der Waals surface area contributed by atoms with E-state index in [1.165, 1.54) is 0 Å². The molecule has 1 amide bonds. The van der Waals surface area contributed by atoms with Crippen molar-refractivity contribution in [2.75, 3.05) is 13.1 Å². The fraction of sp³-hybridized carbons (Fsp3) is 0.458. The highest BCUT2D eigenvalue weighted by atomic mass is 35.5. The summed E-state index contributed by atoms with van der Waals surface area (Å²) in [6.45, 7) is 7.74. The SMILES string of the molecule is CC(C)(C)c1nc2c(s1)CC1(CCN(C(=O)c3ccc(Cl)c4cc[nH]c34)CC1)CC2=O. The van der Waals surface area contributed by atoms with Crippen LogP contribution in [0.15, 0.2) is 24.4 Å². The van der Waals surface area contributed by atoms with Crippen molar-refractivity contribution < 1.29 is 9.59 Å². The molecule has 5 nitrogen and oxygen atoms in total. The molecule has 1 aliphatic heterocycles. The van der Waals surface area contributed by atoms with Crippen LogP contribution in [0.2, 0.25) is 5.02 Å². The summed E-state index contributed by atoms with van der Waals surface area (Å²) in [6.07, 6.45) is 4.93. The number of hydrogen-bond donors (Lipinski definition) is 1. The van der Waals surface area contributed by atoms with Gasteiger partial charge in [0, 0.05) is 46.4 Å². The molecule has 7 heteroatoms. The van der Waals surface area contributed by atoms with Crippen molar-refractivity contribution in [3.63, 3.8) is 0 Å². The van der Waals surface area contributed by atoms with Crippen LogP contribution in [0.1, 0.15) is 70.8 Å². The molecule has 0 saturated carbocycles. The Morgan fingerprint density at radius 3 is 2.65 bits per heavy atom. The minimum Gasteiger partial charge on any atom is -0.360 e. The molecule has 162 valence electrons. The van der Waals surface area contributed by atoms with Crippen LogP contribution in [0, 0.1) is 5.41 Å². The number of carbonyl (C=O) groups excluding carboxylic acids is 2. The summed E-state index contributed by atoms with van der Waals surface area (Å²) in [6, 6.07) is 5.48. The Bertz CT molecular complexity index is 1200. The Morgan fingerprint density at radius 1 is 1.19 bits per heavy atom. The third kappa shape index (κ3) is 3.50. The molecule has 0 radical (unpaired) electrons. The van der Waals surface area contributed by atoms with Gasteiger partial charge in [-0.25, -0.2) is 4.98 Å². The third-order valence-corrected chi connectivity index (χ3v) is 8.50. The van der Waals surface area contributed by atoms with Gasteiger partial charge in [-0.05, 0) is 42.9 Å². The summed E-state index contributed by atoms with van der Waals surface area (Å²) in [7, 11) is 0. The number of aromatic amines is 1. The van der Waals surface area contributed by atoms with Crippen LogP contribution in [-0.2, 0) is 11.8 Å². The fourth-order valence-electron chi connectivity index (χ4n) is 4.84. The molecule has 3 heterocycles. The van der Waals surface area contributed by atoms with E-state index in [0.717, 1.165) is 40.1 Å². The highest BCUT2D eigenvalue weighted by Gasteiger charge is 2.44. The molecular weight excluding hydrogens is 430 g/mol. The number of nitrogens with one attached hydrogen (secondary N) is 1. The van der Waals surface area contributed by atoms with Gasteiger partial charge < -0.3 is 9.88 Å². The standard InChI is InChI=1S/C24H26ClN3O2S/c1-23(2,3)22-27-20-17(29)12-24(13-18(20)31-22)7-10-28(11-8-24)21(30)15-4-5-16(25)14-6-9-26-19(14)15/h4-6,9,26H,7-8,10-13H2,1-3H3. The summed E-state index contributed by atoms with van der Waals surface area (Å²) < 4.78 is 0. The molecule has 1 saturated heterocycles. The maximum atomic E-state index is 13.3. The second-order valence-electron chi connectivity index (χ2n) is 9.97. The average molecular weight is 456 g/mol. The lowest BCUT2D eigenvalue weighted by Crippen LogP contribution is -2.46. The molecule has 1 spiro atoms. The normalized spacial score (nSPS) is 18.6. The fourth-order valence-corrected chi connectivity index (χ4v) is 6.38. The summed E-state index contributed by atoms with van der Waals surface area (Å²) in [4.78, 5) is 37.1. The predicted molar refractivity (Wildman–Crippen MR) is 124 cm³/mol. The Labute approximate surface area is 190 Å². The van der Waals surface area contributed by atoms with Gasteiger partial charge in [0.1, 0.15) is 5.69 Å². The Hall–Kier alpha value is -2.18. The molecule has 0 atom stereocenters. The zero-order valence-electron chi connectivity index (χ0n) is 18.0. The Balaban J connectivity index is 1.35. The number of ketones is 1. The van der Waals surface area contributed by atoms with Crippen molar-refractivity contribution in [2.45, 2.75) is 51.9 Å². The van der Waals surface area contributed by atoms with Gasteiger partial charge in [0.25, 0.3) is 5.91 Å². The average Bonchev–Trinajstić information content (AvgIpc) is 3.36. The number of fused-ring (bicyclic) bond motifs is 2. The van der Waals surface area contributed by atoms with Gasteiger partial charge in [-0.15, -0.1) is 11.3 Å². The van der Waals surface area contributed by atoms with Gasteiger partial charge in [0.2, 0.25) is 0 Å². The van der Waals surface area contributed by atoms with Crippen molar-refractivity contribution >= 4 is 45.5 Å². The van der Waals surface area contributed by atoms with E-state index in [0.29, 0.717) is 35.8 Å². The number of hydrogen-bond acceptors (Lipinski definition) is 4. The van der Waals surface area contributed by atoms with E-state index in [1.807, 2.05) is 17.2 Å². The van der Waals surface area contributed by atoms with E-state index in [9.17, 15) is 9.59 Å². The molecule has 1 aromatic carbocycles. The van der Waals surface area contributed by atoms with Crippen LogP contribution in [0.3, 0.4) is 0 Å². The number of Topliss-reactive ketones (excluding diaryl/α,β-unsaturated/α-hetero) is 1. The second kappa shape index (κ2) is 7.17. The molecule has 1 N–H and O–H groups in total. The van der Waals surface area contributed by atoms with Crippen LogP contribution in [0.25, 0.3) is 10.9 Å². The topological polar surface area (TPSA) is 66.1 Å². The number of carbonyl (C=O) groups is 2. The molecule has 2 aromatic heterocycles. The number of likely N-dealkylation sites (tertiary alicyclic amines) is 1. The lowest BCUT2D eigenvalue weighted by atomic mass is 9.68. The van der Waals surface area contributed by atoms with Gasteiger partial charge in [-0.2, -0.15) is 0 Å². The van der Waals surface area contributed by atoms with E-state index >= 15 is 0 Å². The van der Waals surface area contributed by atoms with Gasteiger partial charge >= 0.3 is 0 Å². The lowest BCUT2D eigenvalue weighted by Gasteiger charge is -2.43. The minimum atomic E-state index is -0.0513. The summed E-state index contributed by atoms with van der Waals surface area (Å²) in [5.74, 6) is 0.188. The monoisotopic (exact) mass is 455 g/mol. The molecule has 1 aliphatic carbocycles. The number of benzene rings is 1. The lowest BCUT2D eigenvalue weighted by molar-refractivity contribution is 0.0523. The molecule has 5 rings (SSSR count). The van der Waals surface area contributed by atoms with Crippen molar-refractivity contribution in [1.29, 1.82) is 0 Å². The van der Waals surface area contributed by atoms with Crippen molar-refractivity contribution in [3.8, 4) is 0 Å². The van der Waals surface area contributed by atoms with Crippen molar-refractivity contribution in [1.82, 2.24) is 14.9 Å². The van der Waals surface area contributed by atoms with Crippen molar-refractivity contribution in [3.05, 3.63) is 50.6 Å². The number of halogens is 1. The number of rotatable bonds is 1. The van der Waals surface area contributed by atoms with Crippen molar-refractivity contribution in [2.24, 2.45) is 5.41 Å². The zero-order chi connectivity index (χ0) is 22.0. The van der Waals surface area contributed by atoms with E-state index < -0.39 is 0 Å². The summed E-state index contributed by atoms with van der Waals surface area (Å²) >= 11 is 7.95. The first-order valence-electron chi connectivity index (χ1n) is 10.8. The first kappa shape index (κ1) is 20.7. The first-order valence-corrected chi connectivity index (χ1v) is 11.9. The van der Waals surface area contributed by atoms with Crippen LogP contribution >= 0.6 is 22.9 Å². The summed E-state index contributed by atoms with van der Waals surface area (Å²) in [5.41, 5.74) is 2.03. The van der Waals surface area contributed by atoms with Crippen LogP contribution in [0.4, 0.5) is 0 Å². The van der Waals surface area contributed by atoms with Gasteiger partial charge in [0.05, 0.1) is 16.1 Å². The van der Waals surface area contributed by atoms with E-state index in [-0.39, 0.29) is 22.5 Å². The van der Waals surface area contributed by atoms with Gasteiger partial charge in [0.15, 0.2) is 5.78 Å². The molecule has 1 fully saturated rings. The maximum Gasteiger partial charge on any atom is 0.255 e. The molecule has 0 bridgehead atoms. The quantitative estimate of drug-likeness (QED) is 0.517. The van der Waals surface area contributed by atoms with Crippen LogP contribution in [-0.4, -0.2) is 39.6 Å². The highest BCUT2D eigenvalue weighted by molar-refractivity contribution is 7.12. The Kier molecular flexibility index (Phi) is 4.79. The molecule has 31 heavy (non-hydrogen) atoms.